The first-order valence-corrected chi connectivity index (χ1v) is 6.28. The van der Waals surface area contributed by atoms with E-state index in [1.54, 1.807) is 6.29 Å². The summed E-state index contributed by atoms with van der Waals surface area (Å²) in [6, 6.07) is 0. The van der Waals surface area contributed by atoms with Gasteiger partial charge in [0.05, 0.1) is 0 Å². The molecule has 0 aromatic carbocycles. The number of nitrogen functional groups attached to an aromatic ring is 1. The molecule has 1 saturated carbocycles. The Morgan fingerprint density at radius 3 is 2.82 bits per heavy atom. The molecule has 0 atom stereocenters. The van der Waals surface area contributed by atoms with Crippen LogP contribution in [-0.2, 0) is 9.63 Å². The van der Waals surface area contributed by atoms with E-state index in [1.165, 1.54) is 6.42 Å². The summed E-state index contributed by atoms with van der Waals surface area (Å²) in [6.07, 6.45) is 7.23. The first-order valence-electron chi connectivity index (χ1n) is 5.51. The minimum atomic E-state index is -0.0245. The summed E-state index contributed by atoms with van der Waals surface area (Å²) in [5, 5.41) is 4.06. The van der Waals surface area contributed by atoms with Crippen LogP contribution >= 0.6 is 11.5 Å². The summed E-state index contributed by atoms with van der Waals surface area (Å²) < 4.78 is 3.88. The van der Waals surface area contributed by atoms with E-state index in [4.69, 9.17) is 10.6 Å². The lowest BCUT2D eigenvalue weighted by Gasteiger charge is -2.19. The maximum absolute atomic E-state index is 10.7. The van der Waals surface area contributed by atoms with E-state index in [0.717, 1.165) is 37.2 Å². The second kappa shape index (κ2) is 5.72. The lowest BCUT2D eigenvalue weighted by atomic mass is 9.98. The molecule has 0 unspecified atom stereocenters. The standard InChI is InChI=1S/C10H13N4O2S/c11-10-12-9(14-17-10)8(6-15)13-16-7-4-2-1-3-5-7/h7H,1-5H2,(H2,11,12,14). The summed E-state index contributed by atoms with van der Waals surface area (Å²) in [6.45, 7) is 0. The maximum atomic E-state index is 10.7. The zero-order valence-electron chi connectivity index (χ0n) is 9.26. The Balaban J connectivity index is 1.99. The third-order valence-electron chi connectivity index (χ3n) is 2.60. The molecule has 91 valence electrons. The minimum Gasteiger partial charge on any atom is -0.392 e. The van der Waals surface area contributed by atoms with E-state index < -0.39 is 0 Å². The summed E-state index contributed by atoms with van der Waals surface area (Å²) in [5.74, 6) is 0.179. The van der Waals surface area contributed by atoms with Crippen LogP contribution in [0.3, 0.4) is 0 Å². The van der Waals surface area contributed by atoms with Crippen molar-refractivity contribution in [3.63, 3.8) is 0 Å². The van der Waals surface area contributed by atoms with Crippen molar-refractivity contribution in [3.05, 3.63) is 5.82 Å². The van der Waals surface area contributed by atoms with E-state index in [9.17, 15) is 4.79 Å². The van der Waals surface area contributed by atoms with Crippen molar-refractivity contribution in [2.75, 3.05) is 5.73 Å². The van der Waals surface area contributed by atoms with Crippen LogP contribution in [0.1, 0.15) is 37.9 Å². The first kappa shape index (κ1) is 12.0. The predicted octanol–water partition coefficient (Wildman–Crippen LogP) is 1.28. The smallest absolute Gasteiger partial charge is 0.261 e. The van der Waals surface area contributed by atoms with Crippen molar-refractivity contribution < 1.29 is 9.63 Å². The molecule has 2 rings (SSSR count). The van der Waals surface area contributed by atoms with Crippen molar-refractivity contribution in [2.45, 2.75) is 38.2 Å². The average molecular weight is 253 g/mol. The van der Waals surface area contributed by atoms with Gasteiger partial charge in [-0.25, -0.2) is 0 Å². The highest BCUT2D eigenvalue weighted by Crippen LogP contribution is 2.20. The number of anilines is 1. The molecule has 0 amide bonds. The van der Waals surface area contributed by atoms with Crippen molar-refractivity contribution in [3.8, 4) is 0 Å². The summed E-state index contributed by atoms with van der Waals surface area (Å²) in [5.41, 5.74) is 5.40. The molecule has 0 bridgehead atoms. The lowest BCUT2D eigenvalue weighted by molar-refractivity contribution is 0.0334. The average Bonchev–Trinajstić information content (AvgIpc) is 2.78. The van der Waals surface area contributed by atoms with Gasteiger partial charge in [-0.2, -0.15) is 9.36 Å². The van der Waals surface area contributed by atoms with Crippen LogP contribution in [0.25, 0.3) is 0 Å². The normalized spacial score (nSPS) is 18.0. The van der Waals surface area contributed by atoms with Gasteiger partial charge in [-0.3, -0.25) is 4.79 Å². The molecule has 1 fully saturated rings. The van der Waals surface area contributed by atoms with Gasteiger partial charge < -0.3 is 10.6 Å². The quantitative estimate of drug-likeness (QED) is 0.644. The lowest BCUT2D eigenvalue weighted by Crippen LogP contribution is -2.16. The van der Waals surface area contributed by atoms with Gasteiger partial charge in [0.1, 0.15) is 6.10 Å². The molecule has 17 heavy (non-hydrogen) atoms. The monoisotopic (exact) mass is 253 g/mol. The van der Waals surface area contributed by atoms with Crippen molar-refractivity contribution in [1.29, 1.82) is 0 Å². The van der Waals surface area contributed by atoms with Gasteiger partial charge in [0.2, 0.25) is 5.82 Å². The fraction of sp³-hybridized carbons (Fsp3) is 0.600. The zero-order valence-corrected chi connectivity index (χ0v) is 10.1. The molecule has 1 radical (unpaired) electrons. The number of nitrogens with zero attached hydrogens (tertiary/aromatic N) is 3. The molecule has 2 N–H and O–H groups in total. The highest BCUT2D eigenvalue weighted by atomic mass is 32.1. The van der Waals surface area contributed by atoms with E-state index in [-0.39, 0.29) is 17.6 Å². The maximum Gasteiger partial charge on any atom is 0.261 e. The van der Waals surface area contributed by atoms with E-state index in [2.05, 4.69) is 14.5 Å². The Labute approximate surface area is 103 Å². The summed E-state index contributed by atoms with van der Waals surface area (Å²) in [4.78, 5) is 19.9. The number of hydrogen-bond acceptors (Lipinski definition) is 7. The molecule has 0 aliphatic heterocycles. The number of rotatable bonds is 4. The Morgan fingerprint density at radius 1 is 1.47 bits per heavy atom. The van der Waals surface area contributed by atoms with Crippen molar-refractivity contribution in [1.82, 2.24) is 9.36 Å². The number of aromatic nitrogens is 2. The van der Waals surface area contributed by atoms with Gasteiger partial charge in [-0.1, -0.05) is 11.6 Å². The zero-order chi connectivity index (χ0) is 12.1. The van der Waals surface area contributed by atoms with Crippen LogP contribution in [0, 0.1) is 0 Å². The second-order valence-corrected chi connectivity index (χ2v) is 4.65. The first-order chi connectivity index (χ1) is 8.29. The SMILES string of the molecule is Nc1nc(C([C]=O)=NOC2CCCCC2)ns1. The van der Waals surface area contributed by atoms with Gasteiger partial charge in [0.15, 0.2) is 10.8 Å². The van der Waals surface area contributed by atoms with Crippen LogP contribution in [0.4, 0.5) is 5.13 Å². The highest BCUT2D eigenvalue weighted by molar-refractivity contribution is 7.09. The number of hydrogen-bond donors (Lipinski definition) is 1. The molecule has 1 aromatic rings. The van der Waals surface area contributed by atoms with Gasteiger partial charge >= 0.3 is 0 Å². The van der Waals surface area contributed by atoms with Crippen LogP contribution in [-0.4, -0.2) is 27.5 Å². The highest BCUT2D eigenvalue weighted by Gasteiger charge is 2.16. The molecule has 1 aliphatic carbocycles. The largest absolute Gasteiger partial charge is 0.392 e. The third kappa shape index (κ3) is 3.23. The Bertz CT molecular complexity index is 412. The topological polar surface area (TPSA) is 90.5 Å². The molecule has 6 nitrogen and oxygen atoms in total. The molecular weight excluding hydrogens is 240 g/mol. The number of nitrogens with two attached hydrogens (primary N) is 1. The van der Waals surface area contributed by atoms with E-state index in [0.29, 0.717) is 5.13 Å². The van der Waals surface area contributed by atoms with E-state index in [1.807, 2.05) is 0 Å². The predicted molar refractivity (Wildman–Crippen MR) is 64.5 cm³/mol. The molecule has 1 heterocycles. The van der Waals surface area contributed by atoms with Gasteiger partial charge in [-0.05, 0) is 25.7 Å². The second-order valence-electron chi connectivity index (χ2n) is 3.86. The third-order valence-corrected chi connectivity index (χ3v) is 3.14. The molecule has 1 aromatic heterocycles. The summed E-state index contributed by atoms with van der Waals surface area (Å²) >= 11 is 1.01. The van der Waals surface area contributed by atoms with Crippen molar-refractivity contribution >= 4 is 28.7 Å². The Hall–Kier alpha value is -1.50. The molecular formula is C10H13N4O2S. The van der Waals surface area contributed by atoms with Gasteiger partial charge in [0.25, 0.3) is 6.29 Å². The molecule has 0 saturated heterocycles. The van der Waals surface area contributed by atoms with E-state index >= 15 is 0 Å². The van der Waals surface area contributed by atoms with Gasteiger partial charge in [-0.15, -0.1) is 0 Å². The Morgan fingerprint density at radius 2 is 2.24 bits per heavy atom. The minimum absolute atomic E-state index is 0.0245. The van der Waals surface area contributed by atoms with Gasteiger partial charge in [0, 0.05) is 11.5 Å². The number of oxime groups is 1. The molecule has 7 heteroatoms. The van der Waals surface area contributed by atoms with Crippen LogP contribution in [0.15, 0.2) is 5.16 Å². The van der Waals surface area contributed by atoms with Crippen LogP contribution < -0.4 is 5.73 Å². The molecule has 0 spiro atoms. The molecule has 1 aliphatic rings. The number of carbonyl (C=O) groups excluding carboxylic acids is 1. The summed E-state index contributed by atoms with van der Waals surface area (Å²) in [7, 11) is 0. The van der Waals surface area contributed by atoms with Crippen molar-refractivity contribution in [2.24, 2.45) is 5.16 Å². The fourth-order valence-corrected chi connectivity index (χ4v) is 2.17. The Kier molecular flexibility index (Phi) is 4.03. The fourth-order valence-electron chi connectivity index (χ4n) is 1.73. The van der Waals surface area contributed by atoms with Crippen LogP contribution in [0.5, 0.6) is 0 Å². The van der Waals surface area contributed by atoms with Crippen LogP contribution in [0.2, 0.25) is 0 Å².